The van der Waals surface area contributed by atoms with Gasteiger partial charge in [0.25, 0.3) is 0 Å². The predicted octanol–water partition coefficient (Wildman–Crippen LogP) is 3.59. The van der Waals surface area contributed by atoms with Gasteiger partial charge >= 0.3 is 0 Å². The minimum absolute atomic E-state index is 0.0909. The molecule has 1 aromatic carbocycles. The molecule has 0 atom stereocenters. The Bertz CT molecular complexity index is 590. The topological polar surface area (TPSA) is 63.8 Å². The van der Waals surface area contributed by atoms with E-state index in [1.54, 1.807) is 0 Å². The van der Waals surface area contributed by atoms with Crippen LogP contribution < -0.4 is 11.1 Å². The van der Waals surface area contributed by atoms with Crippen molar-refractivity contribution < 1.29 is 0 Å². The molecule has 0 spiro atoms. The van der Waals surface area contributed by atoms with Crippen LogP contribution in [0.3, 0.4) is 0 Å². The van der Waals surface area contributed by atoms with Gasteiger partial charge in [-0.15, -0.1) is 0 Å². The molecule has 0 fully saturated rings. The third-order valence-electron chi connectivity index (χ3n) is 2.37. The second-order valence-corrected chi connectivity index (χ2v) is 5.82. The summed E-state index contributed by atoms with van der Waals surface area (Å²) in [6.45, 7) is 6.18. The zero-order valence-electron chi connectivity index (χ0n) is 11.2. The Morgan fingerprint density at radius 3 is 2.53 bits per heavy atom. The summed E-state index contributed by atoms with van der Waals surface area (Å²) in [7, 11) is 0. The van der Waals surface area contributed by atoms with E-state index < -0.39 is 0 Å². The summed E-state index contributed by atoms with van der Waals surface area (Å²) in [5.41, 5.74) is 7.33. The molecule has 19 heavy (non-hydrogen) atoms. The fraction of sp³-hybridized carbons (Fsp3) is 0.286. The fourth-order valence-electron chi connectivity index (χ4n) is 1.71. The molecule has 0 bridgehead atoms. The van der Waals surface area contributed by atoms with E-state index in [9.17, 15) is 0 Å². The van der Waals surface area contributed by atoms with Crippen molar-refractivity contribution in [2.75, 3.05) is 11.1 Å². The summed E-state index contributed by atoms with van der Waals surface area (Å²) >= 11 is 5.99. The van der Waals surface area contributed by atoms with Crippen molar-refractivity contribution >= 4 is 23.4 Å². The minimum atomic E-state index is -0.0909. The summed E-state index contributed by atoms with van der Waals surface area (Å²) < 4.78 is 0. The number of benzene rings is 1. The van der Waals surface area contributed by atoms with Gasteiger partial charge in [0, 0.05) is 22.2 Å². The molecule has 1 aromatic heterocycles. The van der Waals surface area contributed by atoms with E-state index in [4.69, 9.17) is 17.3 Å². The highest BCUT2D eigenvalue weighted by molar-refractivity contribution is 6.30. The second kappa shape index (κ2) is 5.05. The number of nitrogens with two attached hydrogens (primary N) is 1. The molecule has 0 radical (unpaired) electrons. The minimum Gasteiger partial charge on any atom is -0.368 e. The first-order valence-corrected chi connectivity index (χ1v) is 6.40. The number of hydrogen-bond acceptors (Lipinski definition) is 4. The van der Waals surface area contributed by atoms with Crippen molar-refractivity contribution in [3.8, 4) is 11.3 Å². The van der Waals surface area contributed by atoms with Crippen molar-refractivity contribution in [3.63, 3.8) is 0 Å². The van der Waals surface area contributed by atoms with Crippen LogP contribution in [0.5, 0.6) is 0 Å². The normalized spacial score (nSPS) is 11.4. The first-order valence-electron chi connectivity index (χ1n) is 6.02. The lowest BCUT2D eigenvalue weighted by molar-refractivity contribution is 0.630. The van der Waals surface area contributed by atoms with E-state index >= 15 is 0 Å². The highest BCUT2D eigenvalue weighted by atomic mass is 35.5. The molecule has 2 rings (SSSR count). The molecule has 0 saturated carbocycles. The molecule has 100 valence electrons. The summed E-state index contributed by atoms with van der Waals surface area (Å²) in [6.07, 6.45) is 0. The highest BCUT2D eigenvalue weighted by Gasteiger charge is 2.12. The van der Waals surface area contributed by atoms with Crippen molar-refractivity contribution in [3.05, 3.63) is 35.4 Å². The molecule has 0 aliphatic rings. The Morgan fingerprint density at radius 1 is 1.16 bits per heavy atom. The average molecular weight is 277 g/mol. The molecule has 0 saturated heterocycles. The largest absolute Gasteiger partial charge is 0.368 e. The molecule has 0 aliphatic heterocycles. The van der Waals surface area contributed by atoms with Crippen LogP contribution in [0, 0.1) is 0 Å². The van der Waals surface area contributed by atoms with Gasteiger partial charge in [0.1, 0.15) is 5.82 Å². The first-order chi connectivity index (χ1) is 8.83. The van der Waals surface area contributed by atoms with Gasteiger partial charge < -0.3 is 11.1 Å². The number of nitrogens with one attached hydrogen (secondary N) is 1. The predicted molar refractivity (Wildman–Crippen MR) is 80.3 cm³/mol. The van der Waals surface area contributed by atoms with Crippen LogP contribution in [0.1, 0.15) is 20.8 Å². The molecule has 0 unspecified atom stereocenters. The standard InChI is InChI=1S/C14H17ClN4/c1-14(2,3)19-12-8-11(17-13(16)18-12)9-5-4-6-10(15)7-9/h4-8H,1-3H3,(H3,16,17,18,19). The van der Waals surface area contributed by atoms with Crippen LogP contribution in [-0.2, 0) is 0 Å². The Labute approximate surface area is 118 Å². The number of halogens is 1. The molecule has 2 aromatic rings. The van der Waals surface area contributed by atoms with E-state index in [0.717, 1.165) is 11.3 Å². The van der Waals surface area contributed by atoms with Crippen LogP contribution in [0.15, 0.2) is 30.3 Å². The highest BCUT2D eigenvalue weighted by Crippen LogP contribution is 2.24. The van der Waals surface area contributed by atoms with E-state index in [-0.39, 0.29) is 11.5 Å². The zero-order chi connectivity index (χ0) is 14.0. The van der Waals surface area contributed by atoms with E-state index in [1.807, 2.05) is 30.3 Å². The maximum Gasteiger partial charge on any atom is 0.222 e. The average Bonchev–Trinajstić information content (AvgIpc) is 2.25. The maximum atomic E-state index is 5.99. The molecule has 0 amide bonds. The van der Waals surface area contributed by atoms with Gasteiger partial charge in [0.2, 0.25) is 5.95 Å². The van der Waals surface area contributed by atoms with E-state index in [1.165, 1.54) is 0 Å². The second-order valence-electron chi connectivity index (χ2n) is 5.38. The lowest BCUT2D eigenvalue weighted by Crippen LogP contribution is -2.26. The van der Waals surface area contributed by atoms with Crippen LogP contribution in [-0.4, -0.2) is 15.5 Å². The third-order valence-corrected chi connectivity index (χ3v) is 2.60. The van der Waals surface area contributed by atoms with Gasteiger partial charge in [-0.05, 0) is 32.9 Å². The first kappa shape index (κ1) is 13.6. The zero-order valence-corrected chi connectivity index (χ0v) is 12.0. The monoisotopic (exact) mass is 276 g/mol. The van der Waals surface area contributed by atoms with Crippen molar-refractivity contribution in [2.24, 2.45) is 0 Å². The number of anilines is 2. The Hall–Kier alpha value is -1.81. The van der Waals surface area contributed by atoms with Crippen molar-refractivity contribution in [1.82, 2.24) is 9.97 Å². The van der Waals surface area contributed by atoms with Crippen LogP contribution in [0.25, 0.3) is 11.3 Å². The Balaban J connectivity index is 2.42. The molecule has 5 heteroatoms. The molecular weight excluding hydrogens is 260 g/mol. The van der Waals surface area contributed by atoms with E-state index in [2.05, 4.69) is 36.1 Å². The van der Waals surface area contributed by atoms with Gasteiger partial charge in [-0.1, -0.05) is 23.7 Å². The number of hydrogen-bond donors (Lipinski definition) is 2. The van der Waals surface area contributed by atoms with Crippen LogP contribution in [0.2, 0.25) is 5.02 Å². The van der Waals surface area contributed by atoms with Gasteiger partial charge in [0.15, 0.2) is 0 Å². The third kappa shape index (κ3) is 3.83. The summed E-state index contributed by atoms with van der Waals surface area (Å²) in [5.74, 6) is 0.944. The number of rotatable bonds is 2. The van der Waals surface area contributed by atoms with Gasteiger partial charge in [0.05, 0.1) is 5.69 Å². The SMILES string of the molecule is CC(C)(C)Nc1cc(-c2cccc(Cl)c2)nc(N)n1. The molecule has 0 aliphatic carbocycles. The molecule has 4 nitrogen and oxygen atoms in total. The molecule has 1 heterocycles. The van der Waals surface area contributed by atoms with E-state index in [0.29, 0.717) is 10.8 Å². The number of nitrogen functional groups attached to an aromatic ring is 1. The molecular formula is C14H17ClN4. The summed E-state index contributed by atoms with van der Waals surface area (Å²) in [5, 5.41) is 3.95. The van der Waals surface area contributed by atoms with Gasteiger partial charge in [-0.25, -0.2) is 4.98 Å². The quantitative estimate of drug-likeness (QED) is 0.880. The van der Waals surface area contributed by atoms with Crippen molar-refractivity contribution in [1.29, 1.82) is 0 Å². The van der Waals surface area contributed by atoms with Gasteiger partial charge in [-0.2, -0.15) is 4.98 Å². The number of aromatic nitrogens is 2. The van der Waals surface area contributed by atoms with Crippen LogP contribution in [0.4, 0.5) is 11.8 Å². The smallest absolute Gasteiger partial charge is 0.222 e. The van der Waals surface area contributed by atoms with Crippen molar-refractivity contribution in [2.45, 2.75) is 26.3 Å². The maximum absolute atomic E-state index is 5.99. The Kier molecular flexibility index (Phi) is 3.62. The lowest BCUT2D eigenvalue weighted by Gasteiger charge is -2.21. The van der Waals surface area contributed by atoms with Crippen LogP contribution >= 0.6 is 11.6 Å². The summed E-state index contributed by atoms with van der Waals surface area (Å²) in [4.78, 5) is 8.43. The fourth-order valence-corrected chi connectivity index (χ4v) is 1.90. The number of nitrogens with zero attached hydrogens (tertiary/aromatic N) is 2. The van der Waals surface area contributed by atoms with Gasteiger partial charge in [-0.3, -0.25) is 0 Å². The molecule has 3 N–H and O–H groups in total. The Morgan fingerprint density at radius 2 is 1.89 bits per heavy atom. The summed E-state index contributed by atoms with van der Waals surface area (Å²) in [6, 6.07) is 9.36. The lowest BCUT2D eigenvalue weighted by atomic mass is 10.1.